The molecule has 0 spiro atoms. The summed E-state index contributed by atoms with van der Waals surface area (Å²) in [6, 6.07) is 13.6. The molecule has 0 radical (unpaired) electrons. The summed E-state index contributed by atoms with van der Waals surface area (Å²) in [5, 5.41) is 11.8. The molecule has 2 aromatic rings. The van der Waals surface area contributed by atoms with E-state index in [1.165, 1.54) is 0 Å². The van der Waals surface area contributed by atoms with Crippen LogP contribution in [0.2, 0.25) is 0 Å². The second-order valence-corrected chi connectivity index (χ2v) is 5.60. The molecule has 0 saturated carbocycles. The highest BCUT2D eigenvalue weighted by molar-refractivity contribution is 5.79. The predicted octanol–water partition coefficient (Wildman–Crippen LogP) is 2.71. The minimum Gasteiger partial charge on any atom is -0.497 e. The molecule has 6 heteroatoms. The Morgan fingerprint density at radius 3 is 2.44 bits per heavy atom. The first-order chi connectivity index (χ1) is 12.0. The maximum absolute atomic E-state index is 12.1. The minimum atomic E-state index is -0.999. The molecular formula is C19H21NO5. The van der Waals surface area contributed by atoms with Crippen molar-refractivity contribution in [3.05, 3.63) is 59.7 Å². The molecule has 0 aliphatic rings. The summed E-state index contributed by atoms with van der Waals surface area (Å²) < 4.78 is 10.5. The van der Waals surface area contributed by atoms with Gasteiger partial charge in [0.2, 0.25) is 0 Å². The van der Waals surface area contributed by atoms with Gasteiger partial charge in [0.05, 0.1) is 19.6 Å². The minimum absolute atomic E-state index is 0.185. The molecule has 132 valence electrons. The Labute approximate surface area is 146 Å². The number of nitrogens with one attached hydrogen (secondary N) is 1. The molecule has 0 aromatic heterocycles. The van der Waals surface area contributed by atoms with Gasteiger partial charge in [-0.3, -0.25) is 9.59 Å². The number of ether oxygens (including phenoxy) is 2. The first-order valence-electron chi connectivity index (χ1n) is 7.82. The van der Waals surface area contributed by atoms with Crippen molar-refractivity contribution in [2.45, 2.75) is 19.4 Å². The first kappa shape index (κ1) is 18.3. The van der Waals surface area contributed by atoms with Gasteiger partial charge >= 0.3 is 5.97 Å². The van der Waals surface area contributed by atoms with E-state index in [1.807, 2.05) is 25.1 Å². The molecule has 0 unspecified atom stereocenters. The number of methoxy groups -OCH3 is 1. The molecule has 0 aliphatic heterocycles. The molecule has 0 heterocycles. The Morgan fingerprint density at radius 1 is 1.12 bits per heavy atom. The van der Waals surface area contributed by atoms with Gasteiger partial charge in [-0.2, -0.15) is 0 Å². The first-order valence-corrected chi connectivity index (χ1v) is 7.82. The van der Waals surface area contributed by atoms with E-state index in [2.05, 4.69) is 5.32 Å². The van der Waals surface area contributed by atoms with Crippen molar-refractivity contribution in [3.63, 3.8) is 0 Å². The van der Waals surface area contributed by atoms with Crippen LogP contribution in [0.4, 0.5) is 0 Å². The average Bonchev–Trinajstić information content (AvgIpc) is 2.59. The molecule has 6 nitrogen and oxygen atoms in total. The van der Waals surface area contributed by atoms with Crippen molar-refractivity contribution in [3.8, 4) is 11.5 Å². The summed E-state index contributed by atoms with van der Waals surface area (Å²) in [7, 11) is 1.55. The molecule has 25 heavy (non-hydrogen) atoms. The van der Waals surface area contributed by atoms with Crippen LogP contribution in [-0.4, -0.2) is 30.7 Å². The van der Waals surface area contributed by atoms with Gasteiger partial charge in [0.15, 0.2) is 6.61 Å². The van der Waals surface area contributed by atoms with Crippen LogP contribution in [0.25, 0.3) is 0 Å². The number of hydrogen-bond acceptors (Lipinski definition) is 4. The van der Waals surface area contributed by atoms with Crippen LogP contribution in [0.3, 0.4) is 0 Å². The second kappa shape index (κ2) is 8.73. The summed E-state index contributed by atoms with van der Waals surface area (Å²) in [4.78, 5) is 23.2. The number of aryl methyl sites for hydroxylation is 1. The number of amides is 1. The van der Waals surface area contributed by atoms with Gasteiger partial charge < -0.3 is 19.9 Å². The van der Waals surface area contributed by atoms with Crippen LogP contribution in [0, 0.1) is 6.92 Å². The molecule has 2 rings (SSSR count). The highest BCUT2D eigenvalue weighted by Crippen LogP contribution is 2.20. The lowest BCUT2D eigenvalue weighted by Gasteiger charge is -2.18. The maximum Gasteiger partial charge on any atom is 0.305 e. The topological polar surface area (TPSA) is 84.9 Å². The van der Waals surface area contributed by atoms with E-state index in [-0.39, 0.29) is 18.9 Å². The van der Waals surface area contributed by atoms with E-state index in [4.69, 9.17) is 14.6 Å². The van der Waals surface area contributed by atoms with Gasteiger partial charge in [0, 0.05) is 0 Å². The van der Waals surface area contributed by atoms with Gasteiger partial charge in [0.1, 0.15) is 11.5 Å². The molecule has 2 N–H and O–H groups in total. The molecular weight excluding hydrogens is 322 g/mol. The molecule has 2 aromatic carbocycles. The zero-order valence-corrected chi connectivity index (χ0v) is 14.2. The number of aliphatic carboxylic acids is 1. The maximum atomic E-state index is 12.1. The average molecular weight is 343 g/mol. The van der Waals surface area contributed by atoms with E-state index >= 15 is 0 Å². The molecule has 0 aliphatic carbocycles. The standard InChI is InChI=1S/C19H21NO5/c1-13-4-3-5-16(10-13)25-12-18(21)20-17(11-19(22)23)14-6-8-15(24-2)9-7-14/h3-10,17H,11-12H2,1-2H3,(H,20,21)(H,22,23)/t17-/m0/s1. The fraction of sp³-hybridized carbons (Fsp3) is 0.263. The fourth-order valence-electron chi connectivity index (χ4n) is 2.35. The summed E-state index contributed by atoms with van der Waals surface area (Å²) in [6.45, 7) is 1.75. The molecule has 0 saturated heterocycles. The molecule has 0 fully saturated rings. The van der Waals surface area contributed by atoms with Crippen molar-refractivity contribution in [1.82, 2.24) is 5.32 Å². The largest absolute Gasteiger partial charge is 0.497 e. The number of hydrogen-bond donors (Lipinski definition) is 2. The fourth-order valence-corrected chi connectivity index (χ4v) is 2.35. The zero-order valence-electron chi connectivity index (χ0n) is 14.2. The second-order valence-electron chi connectivity index (χ2n) is 5.60. The number of carboxylic acid groups (broad SMARTS) is 1. The zero-order chi connectivity index (χ0) is 18.2. The van der Waals surface area contributed by atoms with Crippen LogP contribution in [0.1, 0.15) is 23.6 Å². The van der Waals surface area contributed by atoms with Gasteiger partial charge in [-0.05, 0) is 42.3 Å². The third-order valence-electron chi connectivity index (χ3n) is 3.59. The predicted molar refractivity (Wildman–Crippen MR) is 92.8 cm³/mol. The lowest BCUT2D eigenvalue weighted by Crippen LogP contribution is -2.33. The van der Waals surface area contributed by atoms with Gasteiger partial charge in [-0.25, -0.2) is 0 Å². The van der Waals surface area contributed by atoms with Crippen LogP contribution in [-0.2, 0) is 9.59 Å². The van der Waals surface area contributed by atoms with Gasteiger partial charge in [0.25, 0.3) is 5.91 Å². The van der Waals surface area contributed by atoms with Crippen molar-refractivity contribution in [1.29, 1.82) is 0 Å². The molecule has 1 atom stereocenters. The Kier molecular flexibility index (Phi) is 6.39. The Bertz CT molecular complexity index is 727. The number of benzene rings is 2. The monoisotopic (exact) mass is 343 g/mol. The smallest absolute Gasteiger partial charge is 0.305 e. The molecule has 0 bridgehead atoms. The number of carbonyl (C=O) groups is 2. The normalized spacial score (nSPS) is 11.4. The summed E-state index contributed by atoms with van der Waals surface area (Å²) >= 11 is 0. The van der Waals surface area contributed by atoms with E-state index in [0.717, 1.165) is 5.56 Å². The quantitative estimate of drug-likeness (QED) is 0.770. The SMILES string of the molecule is COc1ccc([C@H](CC(=O)O)NC(=O)COc2cccc(C)c2)cc1. The highest BCUT2D eigenvalue weighted by atomic mass is 16.5. The number of rotatable bonds is 8. The number of carbonyl (C=O) groups excluding carboxylic acids is 1. The van der Waals surface area contributed by atoms with Gasteiger partial charge in [-0.15, -0.1) is 0 Å². The number of carboxylic acids is 1. The van der Waals surface area contributed by atoms with Crippen LogP contribution in [0.5, 0.6) is 11.5 Å². The Hall–Kier alpha value is -3.02. The lowest BCUT2D eigenvalue weighted by molar-refractivity contribution is -0.137. The van der Waals surface area contributed by atoms with E-state index in [9.17, 15) is 9.59 Å². The highest BCUT2D eigenvalue weighted by Gasteiger charge is 2.18. The lowest BCUT2D eigenvalue weighted by atomic mass is 10.0. The van der Waals surface area contributed by atoms with Gasteiger partial charge in [-0.1, -0.05) is 24.3 Å². The van der Waals surface area contributed by atoms with Crippen molar-refractivity contribution in [2.75, 3.05) is 13.7 Å². The Balaban J connectivity index is 2.00. The third-order valence-corrected chi connectivity index (χ3v) is 3.59. The summed E-state index contributed by atoms with van der Waals surface area (Å²) in [5.41, 5.74) is 1.71. The van der Waals surface area contributed by atoms with Crippen molar-refractivity contribution in [2.24, 2.45) is 0 Å². The summed E-state index contributed by atoms with van der Waals surface area (Å²) in [6.07, 6.45) is -0.220. The summed E-state index contributed by atoms with van der Waals surface area (Å²) in [5.74, 6) is -0.134. The van der Waals surface area contributed by atoms with Crippen LogP contribution in [0.15, 0.2) is 48.5 Å². The third kappa shape index (κ3) is 5.84. The molecule has 1 amide bonds. The van der Waals surface area contributed by atoms with Crippen molar-refractivity contribution >= 4 is 11.9 Å². The van der Waals surface area contributed by atoms with Crippen LogP contribution < -0.4 is 14.8 Å². The van der Waals surface area contributed by atoms with Crippen LogP contribution >= 0.6 is 0 Å². The Morgan fingerprint density at radius 2 is 1.84 bits per heavy atom. The van der Waals surface area contributed by atoms with Crippen molar-refractivity contribution < 1.29 is 24.2 Å². The van der Waals surface area contributed by atoms with E-state index in [1.54, 1.807) is 37.4 Å². The van der Waals surface area contributed by atoms with E-state index in [0.29, 0.717) is 17.1 Å². The van der Waals surface area contributed by atoms with E-state index < -0.39 is 12.0 Å².